The molecular weight excluding hydrogens is 248 g/mol. The van der Waals surface area contributed by atoms with Crippen LogP contribution in [0.15, 0.2) is 4.52 Å². The molecule has 2 N–H and O–H groups in total. The van der Waals surface area contributed by atoms with Crippen LogP contribution in [0.4, 0.5) is 0 Å². The molecule has 0 radical (unpaired) electrons. The zero-order valence-corrected chi connectivity index (χ0v) is 11.4. The first-order valence-corrected chi connectivity index (χ1v) is 6.41. The van der Waals surface area contributed by atoms with Crippen molar-refractivity contribution in [3.05, 3.63) is 11.7 Å². The molecule has 7 heteroatoms. The highest BCUT2D eigenvalue weighted by atomic mass is 16.5. The molecule has 19 heavy (non-hydrogen) atoms. The SMILES string of the molecule is COC(=O)CCc1nc(C2(N)CCN(C)CC2)no1. The molecule has 0 unspecified atom stereocenters. The number of aromatic nitrogens is 2. The fraction of sp³-hybridized carbons (Fsp3) is 0.750. The first-order valence-electron chi connectivity index (χ1n) is 6.41. The number of hydrogen-bond donors (Lipinski definition) is 1. The summed E-state index contributed by atoms with van der Waals surface area (Å²) in [5.41, 5.74) is 5.82. The predicted molar refractivity (Wildman–Crippen MR) is 67.2 cm³/mol. The van der Waals surface area contributed by atoms with Crippen LogP contribution in [-0.4, -0.2) is 48.3 Å². The fourth-order valence-electron chi connectivity index (χ4n) is 2.11. The maximum Gasteiger partial charge on any atom is 0.306 e. The van der Waals surface area contributed by atoms with Gasteiger partial charge in [-0.2, -0.15) is 4.98 Å². The molecule has 2 heterocycles. The topological polar surface area (TPSA) is 94.5 Å². The molecule has 0 spiro atoms. The Balaban J connectivity index is 1.98. The summed E-state index contributed by atoms with van der Waals surface area (Å²) in [6.07, 6.45) is 2.23. The van der Waals surface area contributed by atoms with E-state index in [1.807, 2.05) is 0 Å². The van der Waals surface area contributed by atoms with Crippen LogP contribution in [0.25, 0.3) is 0 Å². The second-order valence-corrected chi connectivity index (χ2v) is 5.05. The summed E-state index contributed by atoms with van der Waals surface area (Å²) in [5, 5.41) is 3.96. The Morgan fingerprint density at radius 1 is 1.53 bits per heavy atom. The predicted octanol–water partition coefficient (Wildman–Crippen LogP) is 0.0548. The third-order valence-electron chi connectivity index (χ3n) is 3.56. The molecule has 1 fully saturated rings. The standard InChI is InChI=1S/C12H20N4O3/c1-16-7-5-12(13,6-8-16)11-14-9(19-15-11)3-4-10(17)18-2/h3-8,13H2,1-2H3. The van der Waals surface area contributed by atoms with Crippen molar-refractivity contribution < 1.29 is 14.1 Å². The highest BCUT2D eigenvalue weighted by molar-refractivity contribution is 5.69. The number of rotatable bonds is 4. The minimum Gasteiger partial charge on any atom is -0.469 e. The largest absolute Gasteiger partial charge is 0.469 e. The van der Waals surface area contributed by atoms with Gasteiger partial charge in [-0.05, 0) is 19.9 Å². The molecular formula is C12H20N4O3. The lowest BCUT2D eigenvalue weighted by molar-refractivity contribution is -0.140. The molecule has 1 aromatic heterocycles. The second-order valence-electron chi connectivity index (χ2n) is 5.05. The Labute approximate surface area is 112 Å². The van der Waals surface area contributed by atoms with Gasteiger partial charge in [0.05, 0.1) is 19.1 Å². The van der Waals surface area contributed by atoms with Gasteiger partial charge in [0.1, 0.15) is 0 Å². The van der Waals surface area contributed by atoms with Crippen molar-refractivity contribution in [2.45, 2.75) is 31.2 Å². The van der Waals surface area contributed by atoms with Gasteiger partial charge in [0.15, 0.2) is 5.82 Å². The number of aryl methyl sites for hydroxylation is 1. The summed E-state index contributed by atoms with van der Waals surface area (Å²) >= 11 is 0. The van der Waals surface area contributed by atoms with Gasteiger partial charge in [-0.15, -0.1) is 0 Å². The Kier molecular flexibility index (Phi) is 4.16. The van der Waals surface area contributed by atoms with Gasteiger partial charge < -0.3 is 19.9 Å². The number of carbonyl (C=O) groups is 1. The number of likely N-dealkylation sites (tertiary alicyclic amines) is 1. The quantitative estimate of drug-likeness (QED) is 0.771. The summed E-state index contributed by atoms with van der Waals surface area (Å²) in [5.74, 6) is 0.686. The van der Waals surface area contributed by atoms with E-state index in [-0.39, 0.29) is 12.4 Å². The molecule has 7 nitrogen and oxygen atoms in total. The van der Waals surface area contributed by atoms with Crippen molar-refractivity contribution in [2.75, 3.05) is 27.2 Å². The van der Waals surface area contributed by atoms with Crippen LogP contribution in [0, 0.1) is 0 Å². The summed E-state index contributed by atoms with van der Waals surface area (Å²) < 4.78 is 9.71. The normalized spacial score (nSPS) is 19.3. The third kappa shape index (κ3) is 3.30. The number of ether oxygens (including phenoxy) is 1. The van der Waals surface area contributed by atoms with Crippen LogP contribution in [0.5, 0.6) is 0 Å². The molecule has 0 aliphatic carbocycles. The van der Waals surface area contributed by atoms with Crippen LogP contribution in [0.2, 0.25) is 0 Å². The molecule has 1 aliphatic heterocycles. The van der Waals surface area contributed by atoms with E-state index in [1.54, 1.807) is 0 Å². The van der Waals surface area contributed by atoms with Crippen LogP contribution in [0.1, 0.15) is 31.0 Å². The molecule has 1 aromatic rings. The summed E-state index contributed by atoms with van der Waals surface area (Å²) in [7, 11) is 3.42. The number of nitrogens with zero attached hydrogens (tertiary/aromatic N) is 3. The Morgan fingerprint density at radius 3 is 2.84 bits per heavy atom. The van der Waals surface area contributed by atoms with E-state index in [2.05, 4.69) is 26.8 Å². The smallest absolute Gasteiger partial charge is 0.306 e. The van der Waals surface area contributed by atoms with Gasteiger partial charge in [0, 0.05) is 19.5 Å². The van der Waals surface area contributed by atoms with Crippen LogP contribution >= 0.6 is 0 Å². The minimum absolute atomic E-state index is 0.235. The number of esters is 1. The Bertz CT molecular complexity index is 438. The lowest BCUT2D eigenvalue weighted by Gasteiger charge is -2.35. The second kappa shape index (κ2) is 5.66. The van der Waals surface area contributed by atoms with Crippen molar-refractivity contribution in [1.29, 1.82) is 0 Å². The maximum absolute atomic E-state index is 11.1. The molecule has 0 atom stereocenters. The fourth-order valence-corrected chi connectivity index (χ4v) is 2.11. The molecule has 1 aliphatic rings. The summed E-state index contributed by atoms with van der Waals surface area (Å²) in [4.78, 5) is 17.6. The van der Waals surface area contributed by atoms with Crippen molar-refractivity contribution in [3.8, 4) is 0 Å². The number of hydrogen-bond acceptors (Lipinski definition) is 7. The average Bonchev–Trinajstić information content (AvgIpc) is 2.89. The Hall–Kier alpha value is -1.47. The van der Waals surface area contributed by atoms with Crippen LogP contribution in [0.3, 0.4) is 0 Å². The highest BCUT2D eigenvalue weighted by Crippen LogP contribution is 2.27. The van der Waals surface area contributed by atoms with E-state index in [0.717, 1.165) is 25.9 Å². The van der Waals surface area contributed by atoms with E-state index >= 15 is 0 Å². The van der Waals surface area contributed by atoms with Crippen molar-refractivity contribution in [3.63, 3.8) is 0 Å². The van der Waals surface area contributed by atoms with E-state index in [4.69, 9.17) is 10.3 Å². The zero-order chi connectivity index (χ0) is 13.9. The van der Waals surface area contributed by atoms with Gasteiger partial charge in [0.2, 0.25) is 5.89 Å². The van der Waals surface area contributed by atoms with Gasteiger partial charge in [-0.3, -0.25) is 4.79 Å². The minimum atomic E-state index is -0.514. The lowest BCUT2D eigenvalue weighted by Crippen LogP contribution is -2.47. The number of methoxy groups -OCH3 is 1. The monoisotopic (exact) mass is 268 g/mol. The van der Waals surface area contributed by atoms with E-state index < -0.39 is 5.54 Å². The first-order chi connectivity index (χ1) is 9.03. The van der Waals surface area contributed by atoms with E-state index in [9.17, 15) is 4.79 Å². The molecule has 2 rings (SSSR count). The number of piperidine rings is 1. The maximum atomic E-state index is 11.1. The Morgan fingerprint density at radius 2 is 2.21 bits per heavy atom. The van der Waals surface area contributed by atoms with Crippen molar-refractivity contribution in [2.24, 2.45) is 5.73 Å². The number of nitrogens with two attached hydrogens (primary N) is 1. The van der Waals surface area contributed by atoms with Crippen molar-refractivity contribution in [1.82, 2.24) is 15.0 Å². The molecule has 106 valence electrons. The van der Waals surface area contributed by atoms with Gasteiger partial charge in [0.25, 0.3) is 0 Å². The van der Waals surface area contributed by atoms with E-state index in [0.29, 0.717) is 18.1 Å². The molecule has 0 aromatic carbocycles. The summed E-state index contributed by atoms with van der Waals surface area (Å²) in [6, 6.07) is 0. The molecule has 1 saturated heterocycles. The van der Waals surface area contributed by atoms with Gasteiger partial charge >= 0.3 is 5.97 Å². The highest BCUT2D eigenvalue weighted by Gasteiger charge is 2.35. The number of carbonyl (C=O) groups excluding carboxylic acids is 1. The molecule has 0 bridgehead atoms. The average molecular weight is 268 g/mol. The first kappa shape index (κ1) is 14.0. The van der Waals surface area contributed by atoms with E-state index in [1.165, 1.54) is 7.11 Å². The lowest BCUT2D eigenvalue weighted by atomic mass is 9.88. The van der Waals surface area contributed by atoms with Crippen LogP contribution in [-0.2, 0) is 21.5 Å². The van der Waals surface area contributed by atoms with Crippen molar-refractivity contribution >= 4 is 5.97 Å². The third-order valence-corrected chi connectivity index (χ3v) is 3.56. The zero-order valence-electron chi connectivity index (χ0n) is 11.4. The van der Waals surface area contributed by atoms with Gasteiger partial charge in [-0.25, -0.2) is 0 Å². The molecule has 0 amide bonds. The van der Waals surface area contributed by atoms with Crippen LogP contribution < -0.4 is 5.73 Å². The molecule has 0 saturated carbocycles. The summed E-state index contributed by atoms with van der Waals surface area (Å²) in [6.45, 7) is 1.84. The van der Waals surface area contributed by atoms with Gasteiger partial charge in [-0.1, -0.05) is 5.16 Å².